The number of likely N-dealkylation sites (N-methyl/N-ethyl adjacent to an activating group) is 1. The molecule has 41 heavy (non-hydrogen) atoms. The summed E-state index contributed by atoms with van der Waals surface area (Å²) in [6.07, 6.45) is -1.82. The van der Waals surface area contributed by atoms with Gasteiger partial charge >= 0.3 is 6.36 Å². The summed E-state index contributed by atoms with van der Waals surface area (Å²) in [6.45, 7) is 0.840. The first kappa shape index (κ1) is 30.0. The molecule has 0 bridgehead atoms. The SMILES string of the molecule is CN1CCCC1C(CN1C(C(N)=O)=CSC1CNC(=O)COc1ccc(OC(F)(F)F)cc1)c1nc(C(N)=O)co1. The Labute approximate surface area is 237 Å². The molecule has 0 aliphatic carbocycles. The second-order valence-corrected chi connectivity index (χ2v) is 10.5. The van der Waals surface area contributed by atoms with Gasteiger partial charge in [-0.1, -0.05) is 0 Å². The Bertz CT molecular complexity index is 1290. The first-order chi connectivity index (χ1) is 19.4. The number of hydrogen-bond donors (Lipinski definition) is 3. The second-order valence-electron chi connectivity index (χ2n) is 9.45. The van der Waals surface area contributed by atoms with Crippen molar-refractivity contribution in [2.24, 2.45) is 11.5 Å². The zero-order chi connectivity index (χ0) is 29.7. The van der Waals surface area contributed by atoms with E-state index in [0.29, 0.717) is 5.89 Å². The molecule has 0 saturated carbocycles. The van der Waals surface area contributed by atoms with Crippen LogP contribution in [0, 0.1) is 0 Å². The lowest BCUT2D eigenvalue weighted by molar-refractivity contribution is -0.274. The van der Waals surface area contributed by atoms with Crippen molar-refractivity contribution in [1.29, 1.82) is 0 Å². The summed E-state index contributed by atoms with van der Waals surface area (Å²) in [4.78, 5) is 44.6. The van der Waals surface area contributed by atoms with Gasteiger partial charge in [0.25, 0.3) is 17.7 Å². The molecule has 2 aromatic rings. The number of likely N-dealkylation sites (tertiary alicyclic amines) is 1. The summed E-state index contributed by atoms with van der Waals surface area (Å²) in [5, 5.41) is 3.96. The van der Waals surface area contributed by atoms with E-state index >= 15 is 0 Å². The number of aromatic nitrogens is 1. The van der Waals surface area contributed by atoms with Gasteiger partial charge in [0.2, 0.25) is 5.89 Å². The minimum atomic E-state index is -4.81. The number of rotatable bonds is 12. The third-order valence-electron chi connectivity index (χ3n) is 6.67. The fraction of sp³-hybridized carbons (Fsp3) is 0.440. The van der Waals surface area contributed by atoms with Crippen LogP contribution in [-0.4, -0.2) is 83.6 Å². The lowest BCUT2D eigenvalue weighted by atomic mass is 9.96. The molecule has 2 aliphatic rings. The van der Waals surface area contributed by atoms with Crippen molar-refractivity contribution in [3.05, 3.63) is 53.2 Å². The number of alkyl halides is 3. The molecule has 2 aliphatic heterocycles. The molecule has 12 nitrogen and oxygen atoms in total. The average Bonchev–Trinajstić information content (AvgIpc) is 3.65. The monoisotopic (exact) mass is 598 g/mol. The standard InChI is InChI=1S/C25H29F3N6O6S/c1-33-8-2-3-18(33)16(24-32-17(11-39-24)22(29)36)10-34-19(23(30)37)13-41-21(34)9-31-20(35)12-38-14-4-6-15(7-5-14)40-25(26,27)28/h4-7,11,13,16,18,21H,2-3,8-10,12H2,1H3,(H2,29,36)(H2,30,37)(H,31,35). The van der Waals surface area contributed by atoms with E-state index in [9.17, 15) is 27.6 Å². The third kappa shape index (κ3) is 7.85. The number of oxazole rings is 1. The van der Waals surface area contributed by atoms with Gasteiger partial charge in [0, 0.05) is 24.5 Å². The van der Waals surface area contributed by atoms with Gasteiger partial charge < -0.3 is 40.5 Å². The number of hydrogen-bond acceptors (Lipinski definition) is 10. The molecule has 1 aromatic carbocycles. The van der Waals surface area contributed by atoms with E-state index in [1.54, 1.807) is 10.3 Å². The molecule has 3 heterocycles. The minimum Gasteiger partial charge on any atom is -0.484 e. The van der Waals surface area contributed by atoms with Crippen molar-refractivity contribution >= 4 is 29.5 Å². The molecule has 0 radical (unpaired) electrons. The first-order valence-electron chi connectivity index (χ1n) is 12.5. The van der Waals surface area contributed by atoms with Gasteiger partial charge in [0.1, 0.15) is 23.5 Å². The minimum absolute atomic E-state index is 0.00144. The van der Waals surface area contributed by atoms with Gasteiger partial charge in [0.05, 0.1) is 11.3 Å². The van der Waals surface area contributed by atoms with Crippen LogP contribution in [0.4, 0.5) is 13.2 Å². The number of nitrogens with zero attached hydrogens (tertiary/aromatic N) is 3. The molecule has 0 spiro atoms. The Morgan fingerprint density at radius 3 is 2.49 bits per heavy atom. The predicted molar refractivity (Wildman–Crippen MR) is 140 cm³/mol. The van der Waals surface area contributed by atoms with Crippen LogP contribution >= 0.6 is 11.8 Å². The average molecular weight is 599 g/mol. The topological polar surface area (TPSA) is 166 Å². The number of ether oxygens (including phenoxy) is 2. The van der Waals surface area contributed by atoms with Crippen molar-refractivity contribution in [3.8, 4) is 11.5 Å². The van der Waals surface area contributed by atoms with Gasteiger partial charge in [-0.05, 0) is 50.7 Å². The number of carbonyl (C=O) groups excluding carboxylic acids is 3. The molecule has 1 saturated heterocycles. The Morgan fingerprint density at radius 1 is 1.20 bits per heavy atom. The van der Waals surface area contributed by atoms with Crippen LogP contribution in [-0.2, 0) is 9.59 Å². The quantitative estimate of drug-likeness (QED) is 0.328. The van der Waals surface area contributed by atoms with Crippen LogP contribution < -0.4 is 26.3 Å². The zero-order valence-electron chi connectivity index (χ0n) is 21.9. The maximum Gasteiger partial charge on any atom is 0.573 e. The Kier molecular flexibility index (Phi) is 9.32. The second kappa shape index (κ2) is 12.7. The highest BCUT2D eigenvalue weighted by atomic mass is 32.2. The lowest BCUT2D eigenvalue weighted by Gasteiger charge is -2.34. The van der Waals surface area contributed by atoms with Crippen molar-refractivity contribution in [1.82, 2.24) is 20.1 Å². The van der Waals surface area contributed by atoms with E-state index in [4.69, 9.17) is 20.6 Å². The maximum atomic E-state index is 12.5. The number of benzene rings is 1. The third-order valence-corrected chi connectivity index (χ3v) is 7.77. The molecule has 16 heteroatoms. The summed E-state index contributed by atoms with van der Waals surface area (Å²) in [5.74, 6) is -2.13. The highest BCUT2D eigenvalue weighted by molar-refractivity contribution is 8.03. The number of nitrogens with one attached hydrogen (secondary N) is 1. The first-order valence-corrected chi connectivity index (χ1v) is 13.5. The molecule has 3 atom stereocenters. The molecular formula is C25H29F3N6O6S. The van der Waals surface area contributed by atoms with Gasteiger partial charge in [0.15, 0.2) is 12.3 Å². The van der Waals surface area contributed by atoms with E-state index < -0.39 is 41.8 Å². The normalized spacial score (nSPS) is 20.0. The van der Waals surface area contributed by atoms with E-state index in [1.165, 1.54) is 30.2 Å². The number of nitrogens with two attached hydrogens (primary N) is 2. The molecule has 3 amide bonds. The number of amides is 3. The van der Waals surface area contributed by atoms with Gasteiger partial charge in [-0.2, -0.15) is 0 Å². The molecule has 3 unspecified atom stereocenters. The Morgan fingerprint density at radius 2 is 1.90 bits per heavy atom. The Hall–Kier alpha value is -3.92. The highest BCUT2D eigenvalue weighted by Gasteiger charge is 2.39. The van der Waals surface area contributed by atoms with Gasteiger partial charge in [-0.15, -0.1) is 24.9 Å². The van der Waals surface area contributed by atoms with E-state index in [2.05, 4.69) is 19.9 Å². The fourth-order valence-electron chi connectivity index (χ4n) is 4.74. The summed E-state index contributed by atoms with van der Waals surface area (Å²) >= 11 is 1.30. The zero-order valence-corrected chi connectivity index (χ0v) is 22.7. The number of primary amides is 2. The number of halogens is 3. The number of thioether (sulfide) groups is 1. The van der Waals surface area contributed by atoms with Crippen LogP contribution in [0.3, 0.4) is 0 Å². The smallest absolute Gasteiger partial charge is 0.484 e. The summed E-state index contributed by atoms with van der Waals surface area (Å²) < 4.78 is 51.8. The van der Waals surface area contributed by atoms with Crippen molar-refractivity contribution in [2.45, 2.75) is 36.5 Å². The van der Waals surface area contributed by atoms with Crippen LogP contribution in [0.5, 0.6) is 11.5 Å². The Balaban J connectivity index is 1.39. The highest BCUT2D eigenvalue weighted by Crippen LogP contribution is 2.37. The maximum absolute atomic E-state index is 12.5. The summed E-state index contributed by atoms with van der Waals surface area (Å²) in [7, 11) is 1.97. The van der Waals surface area contributed by atoms with Crippen LogP contribution in [0.1, 0.15) is 35.1 Å². The largest absolute Gasteiger partial charge is 0.573 e. The number of carbonyl (C=O) groups is 3. The van der Waals surface area contributed by atoms with Crippen LogP contribution in [0.2, 0.25) is 0 Å². The van der Waals surface area contributed by atoms with E-state index in [-0.39, 0.29) is 42.2 Å². The molecule has 1 fully saturated rings. The van der Waals surface area contributed by atoms with Crippen molar-refractivity contribution < 1.29 is 41.4 Å². The van der Waals surface area contributed by atoms with Gasteiger partial charge in [-0.25, -0.2) is 4.98 Å². The van der Waals surface area contributed by atoms with Crippen molar-refractivity contribution in [3.63, 3.8) is 0 Å². The molecule has 5 N–H and O–H groups in total. The van der Waals surface area contributed by atoms with E-state index in [0.717, 1.165) is 31.5 Å². The summed E-state index contributed by atoms with van der Waals surface area (Å²) in [5.41, 5.74) is 11.3. The van der Waals surface area contributed by atoms with Crippen molar-refractivity contribution in [2.75, 3.05) is 33.3 Å². The lowest BCUT2D eigenvalue weighted by Crippen LogP contribution is -2.46. The summed E-state index contributed by atoms with van der Waals surface area (Å²) in [6, 6.07) is 4.65. The fourth-order valence-corrected chi connectivity index (χ4v) is 5.81. The predicted octanol–water partition coefficient (Wildman–Crippen LogP) is 1.75. The molecule has 222 valence electrons. The molecule has 1 aromatic heterocycles. The molecular weight excluding hydrogens is 569 g/mol. The van der Waals surface area contributed by atoms with E-state index in [1.807, 2.05) is 7.05 Å². The van der Waals surface area contributed by atoms with Crippen LogP contribution in [0.25, 0.3) is 0 Å². The van der Waals surface area contributed by atoms with Gasteiger partial charge in [-0.3, -0.25) is 14.4 Å². The van der Waals surface area contributed by atoms with Crippen LogP contribution in [0.15, 0.2) is 46.1 Å². The molecule has 4 rings (SSSR count).